The van der Waals surface area contributed by atoms with E-state index < -0.39 is 0 Å². The maximum Gasteiger partial charge on any atom is 0.146 e. The first-order valence-electron chi connectivity index (χ1n) is 3.47. The predicted molar refractivity (Wildman–Crippen MR) is 44.2 cm³/mol. The zero-order valence-electron chi connectivity index (χ0n) is 6.97. The summed E-state index contributed by atoms with van der Waals surface area (Å²) in [5.74, 6) is 1.60. The lowest BCUT2D eigenvalue weighted by molar-refractivity contribution is 0.932. The van der Waals surface area contributed by atoms with Crippen molar-refractivity contribution in [2.24, 2.45) is 0 Å². The Labute approximate surface area is 66.0 Å². The molecular weight excluding hydrogens is 140 g/mol. The van der Waals surface area contributed by atoms with Crippen molar-refractivity contribution < 1.29 is 0 Å². The van der Waals surface area contributed by atoms with Crippen LogP contribution in [-0.4, -0.2) is 17.0 Å². The molecule has 1 aromatic rings. The molecule has 2 N–H and O–H groups in total. The number of hydrogen-bond donors (Lipinski definition) is 2. The Bertz CT molecular complexity index is 246. The Hall–Kier alpha value is -1.16. The van der Waals surface area contributed by atoms with Gasteiger partial charge in [-0.05, 0) is 13.8 Å². The van der Waals surface area contributed by atoms with Crippen LogP contribution in [0.1, 0.15) is 11.4 Å². The molecule has 0 aliphatic carbocycles. The van der Waals surface area contributed by atoms with Gasteiger partial charge in [0.2, 0.25) is 0 Å². The fourth-order valence-corrected chi connectivity index (χ4v) is 0.775. The van der Waals surface area contributed by atoms with E-state index in [-0.39, 0.29) is 0 Å². The minimum absolute atomic E-state index is 0.772. The van der Waals surface area contributed by atoms with Gasteiger partial charge in [0.05, 0.1) is 0 Å². The molecule has 0 atom stereocenters. The molecule has 4 heteroatoms. The Balaban J connectivity index is 2.93. The number of nitrogens with zero attached hydrogens (tertiary/aromatic N) is 2. The third-order valence-corrected chi connectivity index (χ3v) is 1.34. The highest BCUT2D eigenvalue weighted by molar-refractivity contribution is 5.40. The van der Waals surface area contributed by atoms with E-state index in [0.717, 1.165) is 17.2 Å². The molecular formula is C7H12N4. The van der Waals surface area contributed by atoms with Crippen molar-refractivity contribution in [1.82, 2.24) is 15.4 Å². The minimum atomic E-state index is 0.772. The van der Waals surface area contributed by atoms with E-state index in [1.54, 1.807) is 13.2 Å². The molecule has 0 unspecified atom stereocenters. The van der Waals surface area contributed by atoms with Gasteiger partial charge in [-0.1, -0.05) is 0 Å². The summed E-state index contributed by atoms with van der Waals surface area (Å²) in [6.45, 7) is 3.82. The third-order valence-electron chi connectivity index (χ3n) is 1.34. The summed E-state index contributed by atoms with van der Waals surface area (Å²) in [4.78, 5) is 8.22. The molecule has 0 bridgehead atoms. The zero-order chi connectivity index (χ0) is 8.27. The van der Waals surface area contributed by atoms with Crippen LogP contribution in [0, 0.1) is 13.8 Å². The lowest BCUT2D eigenvalue weighted by Gasteiger charge is -2.05. The maximum atomic E-state index is 4.18. The molecule has 0 saturated carbocycles. The van der Waals surface area contributed by atoms with Gasteiger partial charge in [-0.2, -0.15) is 0 Å². The van der Waals surface area contributed by atoms with Gasteiger partial charge in [-0.3, -0.25) is 0 Å². The monoisotopic (exact) mass is 152 g/mol. The molecule has 0 fully saturated rings. The van der Waals surface area contributed by atoms with E-state index >= 15 is 0 Å². The summed E-state index contributed by atoms with van der Waals surface area (Å²) in [6.07, 6.45) is 1.79. The first-order valence-corrected chi connectivity index (χ1v) is 3.47. The van der Waals surface area contributed by atoms with Crippen LogP contribution in [0.3, 0.4) is 0 Å². The highest BCUT2D eigenvalue weighted by atomic mass is 15.4. The fourth-order valence-electron chi connectivity index (χ4n) is 0.775. The summed E-state index contributed by atoms with van der Waals surface area (Å²) in [5, 5.41) is 0. The van der Waals surface area contributed by atoms with Crippen LogP contribution in [0.2, 0.25) is 0 Å². The smallest absolute Gasteiger partial charge is 0.146 e. The SMILES string of the molecule is CNNc1nc(C)ncc1C. The Kier molecular flexibility index (Phi) is 2.38. The van der Waals surface area contributed by atoms with Crippen LogP contribution in [0.25, 0.3) is 0 Å². The molecule has 0 amide bonds. The zero-order valence-corrected chi connectivity index (χ0v) is 6.97. The highest BCUT2D eigenvalue weighted by Crippen LogP contribution is 2.07. The Morgan fingerprint density at radius 2 is 2.09 bits per heavy atom. The number of rotatable bonds is 2. The Morgan fingerprint density at radius 3 is 2.73 bits per heavy atom. The highest BCUT2D eigenvalue weighted by Gasteiger charge is 1.97. The maximum absolute atomic E-state index is 4.18. The van der Waals surface area contributed by atoms with E-state index in [1.165, 1.54) is 0 Å². The molecule has 0 radical (unpaired) electrons. The van der Waals surface area contributed by atoms with Crippen LogP contribution in [-0.2, 0) is 0 Å². The van der Waals surface area contributed by atoms with Gasteiger partial charge in [-0.15, -0.1) is 0 Å². The topological polar surface area (TPSA) is 49.8 Å². The molecule has 1 aromatic heterocycles. The third kappa shape index (κ3) is 1.88. The van der Waals surface area contributed by atoms with Crippen molar-refractivity contribution in [3.63, 3.8) is 0 Å². The van der Waals surface area contributed by atoms with Crippen molar-refractivity contribution >= 4 is 5.82 Å². The molecule has 1 heterocycles. The molecule has 0 spiro atoms. The van der Waals surface area contributed by atoms with Crippen molar-refractivity contribution in [2.75, 3.05) is 12.5 Å². The normalized spacial score (nSPS) is 9.73. The molecule has 1 rings (SSSR count). The van der Waals surface area contributed by atoms with Crippen LogP contribution >= 0.6 is 0 Å². The van der Waals surface area contributed by atoms with Gasteiger partial charge in [0.25, 0.3) is 0 Å². The molecule has 11 heavy (non-hydrogen) atoms. The van der Waals surface area contributed by atoms with Gasteiger partial charge in [-0.25, -0.2) is 15.4 Å². The summed E-state index contributed by atoms with van der Waals surface area (Å²) in [6, 6.07) is 0. The first kappa shape index (κ1) is 7.94. The van der Waals surface area contributed by atoms with E-state index in [9.17, 15) is 0 Å². The number of aromatic nitrogens is 2. The summed E-state index contributed by atoms with van der Waals surface area (Å²) in [7, 11) is 1.80. The molecule has 0 saturated heterocycles. The van der Waals surface area contributed by atoms with Crippen LogP contribution < -0.4 is 10.9 Å². The quantitative estimate of drug-likeness (QED) is 0.610. The molecule has 0 aliphatic heterocycles. The average Bonchev–Trinajstić information content (AvgIpc) is 1.98. The number of hydrogen-bond acceptors (Lipinski definition) is 4. The van der Waals surface area contributed by atoms with Crippen LogP contribution in [0.15, 0.2) is 6.20 Å². The average molecular weight is 152 g/mol. The summed E-state index contributed by atoms with van der Waals surface area (Å²) in [5.41, 5.74) is 6.76. The van der Waals surface area contributed by atoms with Gasteiger partial charge in [0.1, 0.15) is 11.6 Å². The van der Waals surface area contributed by atoms with E-state index in [0.29, 0.717) is 0 Å². The lowest BCUT2D eigenvalue weighted by atomic mass is 10.3. The lowest BCUT2D eigenvalue weighted by Crippen LogP contribution is -2.17. The van der Waals surface area contributed by atoms with E-state index in [1.807, 2.05) is 13.8 Å². The number of aryl methyl sites for hydroxylation is 2. The van der Waals surface area contributed by atoms with Gasteiger partial charge in [0.15, 0.2) is 0 Å². The van der Waals surface area contributed by atoms with Crippen molar-refractivity contribution in [2.45, 2.75) is 13.8 Å². The second kappa shape index (κ2) is 3.30. The standard InChI is InChI=1S/C7H12N4/c1-5-4-9-6(2)10-7(5)11-8-3/h4,8H,1-3H3,(H,9,10,11). The van der Waals surface area contributed by atoms with Crippen molar-refractivity contribution in [3.05, 3.63) is 17.6 Å². The predicted octanol–water partition coefficient (Wildman–Crippen LogP) is 0.640. The van der Waals surface area contributed by atoms with Crippen molar-refractivity contribution in [3.8, 4) is 0 Å². The second-order valence-corrected chi connectivity index (χ2v) is 2.32. The van der Waals surface area contributed by atoms with Gasteiger partial charge >= 0.3 is 0 Å². The second-order valence-electron chi connectivity index (χ2n) is 2.32. The van der Waals surface area contributed by atoms with Crippen molar-refractivity contribution in [1.29, 1.82) is 0 Å². The van der Waals surface area contributed by atoms with Gasteiger partial charge < -0.3 is 5.43 Å². The minimum Gasteiger partial charge on any atom is -0.306 e. The van der Waals surface area contributed by atoms with Gasteiger partial charge in [0, 0.05) is 18.8 Å². The van der Waals surface area contributed by atoms with Crippen LogP contribution in [0.4, 0.5) is 5.82 Å². The van der Waals surface area contributed by atoms with E-state index in [4.69, 9.17) is 0 Å². The van der Waals surface area contributed by atoms with Crippen LogP contribution in [0.5, 0.6) is 0 Å². The first-order chi connectivity index (χ1) is 5.24. The van der Waals surface area contributed by atoms with E-state index in [2.05, 4.69) is 20.8 Å². The fraction of sp³-hybridized carbons (Fsp3) is 0.429. The number of anilines is 1. The largest absolute Gasteiger partial charge is 0.306 e. The summed E-state index contributed by atoms with van der Waals surface area (Å²) >= 11 is 0. The number of nitrogens with one attached hydrogen (secondary N) is 2. The Morgan fingerprint density at radius 1 is 1.36 bits per heavy atom. The summed E-state index contributed by atoms with van der Waals surface area (Å²) < 4.78 is 0. The molecule has 0 aromatic carbocycles. The molecule has 0 aliphatic rings. The number of hydrazine groups is 1. The molecule has 60 valence electrons. The molecule has 4 nitrogen and oxygen atoms in total.